The minimum absolute atomic E-state index is 0.0781. The summed E-state index contributed by atoms with van der Waals surface area (Å²) in [5.74, 6) is 0. The fourth-order valence-electron chi connectivity index (χ4n) is 3.05. The van der Waals surface area contributed by atoms with Gasteiger partial charge in [0, 0.05) is 12.1 Å². The molecule has 1 aromatic heterocycles. The molecular formula is C17H22N2O2S. The Morgan fingerprint density at radius 2 is 2.05 bits per heavy atom. The molecule has 1 aliphatic rings. The number of hydrogen-bond acceptors (Lipinski definition) is 5. The van der Waals surface area contributed by atoms with Crippen LogP contribution < -0.4 is 10.1 Å². The minimum atomic E-state index is -0.135. The molecule has 0 aliphatic heterocycles. The molecule has 0 saturated heterocycles. The van der Waals surface area contributed by atoms with Gasteiger partial charge >= 0.3 is 0 Å². The van der Waals surface area contributed by atoms with Gasteiger partial charge in [-0.3, -0.25) is 0 Å². The molecule has 0 spiro atoms. The smallest absolute Gasteiger partial charge is 0.194 e. The average molecular weight is 318 g/mol. The van der Waals surface area contributed by atoms with E-state index in [1.165, 1.54) is 24.2 Å². The Bertz CT molecular complexity index is 553. The van der Waals surface area contributed by atoms with E-state index in [2.05, 4.69) is 22.4 Å². The maximum Gasteiger partial charge on any atom is 0.194 e. The lowest BCUT2D eigenvalue weighted by molar-refractivity contribution is 0.135. The third kappa shape index (κ3) is 3.66. The molecular weight excluding hydrogens is 296 g/mol. The quantitative estimate of drug-likeness (QED) is 0.823. The average Bonchev–Trinajstić information content (AvgIpc) is 3.24. The van der Waals surface area contributed by atoms with Crippen LogP contribution in [0.25, 0.3) is 0 Å². The van der Waals surface area contributed by atoms with Crippen molar-refractivity contribution in [1.29, 1.82) is 0 Å². The standard InChI is InChI=1S/C17H22N2O2S/c20-12-17(8-4-5-9-17)19-10-15(14-6-2-1-3-7-14)21-16-11-18-13-22-16/h1-3,6-7,11,13,15,19-20H,4-5,8-10,12H2. The van der Waals surface area contributed by atoms with Crippen molar-refractivity contribution in [1.82, 2.24) is 10.3 Å². The molecule has 1 unspecified atom stereocenters. The summed E-state index contributed by atoms with van der Waals surface area (Å²) in [5, 5.41) is 14.1. The summed E-state index contributed by atoms with van der Waals surface area (Å²) in [6.45, 7) is 0.873. The first-order chi connectivity index (χ1) is 10.8. The zero-order valence-electron chi connectivity index (χ0n) is 12.6. The first-order valence-electron chi connectivity index (χ1n) is 7.77. The summed E-state index contributed by atoms with van der Waals surface area (Å²) in [5.41, 5.74) is 2.77. The number of nitrogens with zero attached hydrogens (tertiary/aromatic N) is 1. The Hall–Kier alpha value is -1.43. The van der Waals surface area contributed by atoms with Crippen molar-refractivity contribution in [3.05, 3.63) is 47.6 Å². The van der Waals surface area contributed by atoms with Crippen molar-refractivity contribution in [3.8, 4) is 5.06 Å². The van der Waals surface area contributed by atoms with Crippen LogP contribution in [-0.4, -0.2) is 28.8 Å². The molecule has 1 heterocycles. The Balaban J connectivity index is 1.71. The van der Waals surface area contributed by atoms with Gasteiger partial charge < -0.3 is 15.2 Å². The maximum atomic E-state index is 9.75. The molecule has 0 amide bonds. The molecule has 5 heteroatoms. The van der Waals surface area contributed by atoms with Crippen LogP contribution >= 0.6 is 11.3 Å². The molecule has 1 aromatic carbocycles. The van der Waals surface area contributed by atoms with Gasteiger partial charge in [-0.2, -0.15) is 0 Å². The van der Waals surface area contributed by atoms with E-state index in [1.54, 1.807) is 11.7 Å². The number of hydrogen-bond donors (Lipinski definition) is 2. The maximum absolute atomic E-state index is 9.75. The lowest BCUT2D eigenvalue weighted by atomic mass is 9.98. The van der Waals surface area contributed by atoms with Gasteiger partial charge in [0.05, 0.1) is 18.3 Å². The number of aliphatic hydroxyl groups is 1. The third-order valence-electron chi connectivity index (χ3n) is 4.37. The molecule has 4 nitrogen and oxygen atoms in total. The van der Waals surface area contributed by atoms with E-state index in [0.717, 1.165) is 23.5 Å². The number of rotatable bonds is 7. The highest BCUT2D eigenvalue weighted by Gasteiger charge is 2.33. The van der Waals surface area contributed by atoms with Gasteiger partial charge in [-0.1, -0.05) is 54.5 Å². The Labute approximate surface area is 135 Å². The van der Waals surface area contributed by atoms with E-state index in [4.69, 9.17) is 4.74 Å². The van der Waals surface area contributed by atoms with Crippen LogP contribution in [0.4, 0.5) is 0 Å². The second kappa shape index (κ2) is 7.22. The minimum Gasteiger partial charge on any atom is -0.473 e. The van der Waals surface area contributed by atoms with Crippen LogP contribution in [0.2, 0.25) is 0 Å². The molecule has 1 atom stereocenters. The number of thiazole rings is 1. The second-order valence-corrected chi connectivity index (χ2v) is 6.71. The first kappa shape index (κ1) is 15.5. The number of aromatic nitrogens is 1. The van der Waals surface area contributed by atoms with Crippen molar-refractivity contribution in [3.63, 3.8) is 0 Å². The SMILES string of the molecule is OCC1(NCC(Oc2cncs2)c2ccccc2)CCCC1. The third-order valence-corrected chi connectivity index (χ3v) is 5.03. The molecule has 1 aliphatic carbocycles. The van der Waals surface area contributed by atoms with E-state index < -0.39 is 0 Å². The molecule has 2 N–H and O–H groups in total. The number of ether oxygens (including phenoxy) is 1. The predicted molar refractivity (Wildman–Crippen MR) is 88.2 cm³/mol. The number of nitrogens with one attached hydrogen (secondary N) is 1. The number of aliphatic hydroxyl groups excluding tert-OH is 1. The van der Waals surface area contributed by atoms with Crippen molar-refractivity contribution in [2.45, 2.75) is 37.3 Å². The zero-order chi connectivity index (χ0) is 15.3. The molecule has 3 rings (SSSR count). The van der Waals surface area contributed by atoms with Crippen molar-refractivity contribution >= 4 is 11.3 Å². The second-order valence-electron chi connectivity index (χ2n) is 5.86. The van der Waals surface area contributed by atoms with E-state index >= 15 is 0 Å². The van der Waals surface area contributed by atoms with Crippen LogP contribution in [0, 0.1) is 0 Å². The van der Waals surface area contributed by atoms with E-state index in [0.29, 0.717) is 6.54 Å². The van der Waals surface area contributed by atoms with E-state index in [9.17, 15) is 5.11 Å². The summed E-state index contributed by atoms with van der Waals surface area (Å²) < 4.78 is 6.10. The summed E-state index contributed by atoms with van der Waals surface area (Å²) in [6.07, 6.45) is 6.10. The summed E-state index contributed by atoms with van der Waals surface area (Å²) >= 11 is 1.50. The van der Waals surface area contributed by atoms with Gasteiger partial charge in [-0.15, -0.1) is 0 Å². The van der Waals surface area contributed by atoms with E-state index in [1.807, 2.05) is 18.2 Å². The lowest BCUT2D eigenvalue weighted by Crippen LogP contribution is -2.48. The molecule has 2 aromatic rings. The monoisotopic (exact) mass is 318 g/mol. The van der Waals surface area contributed by atoms with Crippen LogP contribution in [0.15, 0.2) is 42.0 Å². The topological polar surface area (TPSA) is 54.4 Å². The molecule has 1 saturated carbocycles. The highest BCUT2D eigenvalue weighted by molar-refractivity contribution is 7.11. The van der Waals surface area contributed by atoms with Crippen LogP contribution in [0.3, 0.4) is 0 Å². The number of benzene rings is 1. The summed E-state index contributed by atoms with van der Waals surface area (Å²) in [7, 11) is 0. The van der Waals surface area contributed by atoms with Gasteiger partial charge in [0.25, 0.3) is 0 Å². The Morgan fingerprint density at radius 1 is 1.27 bits per heavy atom. The normalized spacial score (nSPS) is 18.2. The largest absolute Gasteiger partial charge is 0.473 e. The van der Waals surface area contributed by atoms with Gasteiger partial charge in [0.15, 0.2) is 5.06 Å². The van der Waals surface area contributed by atoms with Gasteiger partial charge in [0.2, 0.25) is 0 Å². The molecule has 1 fully saturated rings. The molecule has 118 valence electrons. The van der Waals surface area contributed by atoms with Crippen LogP contribution in [0.1, 0.15) is 37.4 Å². The Kier molecular flexibility index (Phi) is 5.08. The fraction of sp³-hybridized carbons (Fsp3) is 0.471. The Morgan fingerprint density at radius 3 is 2.68 bits per heavy atom. The summed E-state index contributed by atoms with van der Waals surface area (Å²) in [6, 6.07) is 10.2. The zero-order valence-corrected chi connectivity index (χ0v) is 13.4. The fourth-order valence-corrected chi connectivity index (χ4v) is 3.57. The highest BCUT2D eigenvalue weighted by Crippen LogP contribution is 2.31. The lowest BCUT2D eigenvalue weighted by Gasteiger charge is -2.30. The molecule has 22 heavy (non-hydrogen) atoms. The predicted octanol–water partition coefficient (Wildman–Crippen LogP) is 3.16. The molecule has 0 radical (unpaired) electrons. The highest BCUT2D eigenvalue weighted by atomic mass is 32.1. The van der Waals surface area contributed by atoms with Crippen LogP contribution in [-0.2, 0) is 0 Å². The van der Waals surface area contributed by atoms with Crippen LogP contribution in [0.5, 0.6) is 5.06 Å². The van der Waals surface area contributed by atoms with Crippen molar-refractivity contribution in [2.75, 3.05) is 13.2 Å². The van der Waals surface area contributed by atoms with Gasteiger partial charge in [-0.05, 0) is 18.4 Å². The first-order valence-corrected chi connectivity index (χ1v) is 8.65. The summed E-state index contributed by atoms with van der Waals surface area (Å²) in [4.78, 5) is 4.07. The molecule has 0 bridgehead atoms. The van der Waals surface area contributed by atoms with Crippen molar-refractivity contribution in [2.24, 2.45) is 0 Å². The van der Waals surface area contributed by atoms with E-state index in [-0.39, 0.29) is 18.2 Å². The van der Waals surface area contributed by atoms with Crippen molar-refractivity contribution < 1.29 is 9.84 Å². The van der Waals surface area contributed by atoms with Gasteiger partial charge in [-0.25, -0.2) is 4.98 Å². The van der Waals surface area contributed by atoms with Gasteiger partial charge in [0.1, 0.15) is 6.10 Å².